The third-order valence-electron chi connectivity index (χ3n) is 2.89. The molecule has 1 aromatic carbocycles. The Bertz CT molecular complexity index is 521. The minimum atomic E-state index is -1.19. The van der Waals surface area contributed by atoms with Gasteiger partial charge < -0.3 is 0 Å². The van der Waals surface area contributed by atoms with Crippen LogP contribution in [0.3, 0.4) is 0 Å². The fraction of sp³-hybridized carbons (Fsp3) is 0. The van der Waals surface area contributed by atoms with E-state index in [1.54, 1.807) is 22.7 Å². The molecular weight excluding hydrogens is 260 g/mol. The number of thiophene rings is 2. The second kappa shape index (κ2) is 5.00. The fourth-order valence-electron chi connectivity index (χ4n) is 2.10. The van der Waals surface area contributed by atoms with Gasteiger partial charge in [-0.25, -0.2) is 0 Å². The highest BCUT2D eigenvalue weighted by atomic mass is 32.1. The summed E-state index contributed by atoms with van der Waals surface area (Å²) < 4.78 is 0. The molecule has 0 saturated carbocycles. The molecule has 0 aliphatic rings. The van der Waals surface area contributed by atoms with Crippen molar-refractivity contribution in [2.75, 3.05) is 0 Å². The molecule has 3 heteroatoms. The molecule has 0 N–H and O–H groups in total. The summed E-state index contributed by atoms with van der Waals surface area (Å²) in [5, 5.41) is 13.5. The molecule has 0 spiro atoms. The molecule has 2 heterocycles. The van der Waals surface area contributed by atoms with Crippen LogP contribution in [0.15, 0.2) is 64.0 Å². The van der Waals surface area contributed by atoms with Gasteiger partial charge in [0.05, 0.1) is 0 Å². The molecule has 0 bridgehead atoms. The molecule has 0 radical (unpaired) electrons. The van der Waals surface area contributed by atoms with Crippen molar-refractivity contribution in [3.8, 4) is 0 Å². The SMILES string of the molecule is c1ccc([SiH](c2ccsc2)c2ccsc2)cc1. The largest absolute Gasteiger partial charge is 0.153 e. The fourth-order valence-corrected chi connectivity index (χ4v) is 7.38. The minimum absolute atomic E-state index is 1.19. The maximum atomic E-state index is 2.31. The first-order valence-electron chi connectivity index (χ1n) is 5.54. The lowest BCUT2D eigenvalue weighted by atomic mass is 10.4. The summed E-state index contributed by atoms with van der Waals surface area (Å²) in [5.74, 6) is 0. The normalized spacial score (nSPS) is 10.9. The van der Waals surface area contributed by atoms with Gasteiger partial charge in [0, 0.05) is 0 Å². The quantitative estimate of drug-likeness (QED) is 0.640. The second-order valence-corrected chi connectivity index (χ2v) is 8.38. The first-order chi connectivity index (χ1) is 8.45. The number of benzene rings is 1. The van der Waals surface area contributed by atoms with E-state index in [4.69, 9.17) is 0 Å². The van der Waals surface area contributed by atoms with Gasteiger partial charge in [-0.1, -0.05) is 47.7 Å². The van der Waals surface area contributed by atoms with Crippen LogP contribution in [0.5, 0.6) is 0 Å². The number of hydrogen-bond donors (Lipinski definition) is 0. The predicted octanol–water partition coefficient (Wildman–Crippen LogP) is 2.06. The standard InChI is InChI=1S/C14H12S2Si/c1-2-4-12(5-3-1)17(13-6-8-15-10-13)14-7-9-16-11-14/h1-11,17H. The van der Waals surface area contributed by atoms with Crippen molar-refractivity contribution in [3.05, 3.63) is 64.0 Å². The monoisotopic (exact) mass is 272 g/mol. The first kappa shape index (κ1) is 11.0. The van der Waals surface area contributed by atoms with Crippen molar-refractivity contribution in [1.29, 1.82) is 0 Å². The van der Waals surface area contributed by atoms with Crippen LogP contribution in [0, 0.1) is 0 Å². The summed E-state index contributed by atoms with van der Waals surface area (Å²) in [7, 11) is -1.19. The third-order valence-corrected chi connectivity index (χ3v) is 7.88. The summed E-state index contributed by atoms with van der Waals surface area (Å²) in [4.78, 5) is 0. The van der Waals surface area contributed by atoms with Crippen molar-refractivity contribution in [3.63, 3.8) is 0 Å². The van der Waals surface area contributed by atoms with Gasteiger partial charge in [-0.05, 0) is 31.9 Å². The van der Waals surface area contributed by atoms with E-state index in [-0.39, 0.29) is 0 Å². The number of hydrogen-bond acceptors (Lipinski definition) is 2. The van der Waals surface area contributed by atoms with E-state index in [9.17, 15) is 0 Å². The van der Waals surface area contributed by atoms with Gasteiger partial charge in [0.25, 0.3) is 0 Å². The second-order valence-electron chi connectivity index (χ2n) is 3.96. The molecule has 0 amide bonds. The van der Waals surface area contributed by atoms with E-state index in [0.29, 0.717) is 0 Å². The zero-order chi connectivity index (χ0) is 11.5. The van der Waals surface area contributed by atoms with E-state index >= 15 is 0 Å². The smallest absolute Gasteiger partial charge is 0.135 e. The predicted molar refractivity (Wildman–Crippen MR) is 81.1 cm³/mol. The summed E-state index contributed by atoms with van der Waals surface area (Å²) in [5.41, 5.74) is 0. The van der Waals surface area contributed by atoms with E-state index in [1.807, 2.05) is 0 Å². The highest BCUT2D eigenvalue weighted by Crippen LogP contribution is 2.01. The van der Waals surface area contributed by atoms with E-state index < -0.39 is 8.80 Å². The number of rotatable bonds is 3. The van der Waals surface area contributed by atoms with Gasteiger partial charge in [-0.2, -0.15) is 22.7 Å². The lowest BCUT2D eigenvalue weighted by Gasteiger charge is -2.13. The molecule has 0 aliphatic heterocycles. The highest BCUT2D eigenvalue weighted by Gasteiger charge is 2.18. The Balaban J connectivity index is 2.10. The molecule has 3 aromatic rings. The van der Waals surface area contributed by atoms with Crippen LogP contribution in [-0.2, 0) is 0 Å². The molecule has 0 atom stereocenters. The third kappa shape index (κ3) is 2.27. The Hall–Kier alpha value is -1.16. The lowest BCUT2D eigenvalue weighted by molar-refractivity contribution is 1.76. The van der Waals surface area contributed by atoms with Gasteiger partial charge in [0.1, 0.15) is 8.80 Å². The van der Waals surface area contributed by atoms with Gasteiger partial charge in [0.15, 0.2) is 0 Å². The Morgan fingerprint density at radius 3 is 1.71 bits per heavy atom. The zero-order valence-corrected chi connectivity index (χ0v) is 12.0. The van der Waals surface area contributed by atoms with Crippen LogP contribution in [-0.4, -0.2) is 8.80 Å². The van der Waals surface area contributed by atoms with Crippen LogP contribution in [0.25, 0.3) is 0 Å². The van der Waals surface area contributed by atoms with Crippen molar-refractivity contribution < 1.29 is 0 Å². The zero-order valence-electron chi connectivity index (χ0n) is 9.24. The molecular formula is C14H12S2Si. The van der Waals surface area contributed by atoms with Crippen LogP contribution in [0.2, 0.25) is 0 Å². The molecule has 3 rings (SSSR count). The molecule has 0 nitrogen and oxygen atoms in total. The van der Waals surface area contributed by atoms with E-state index in [0.717, 1.165) is 0 Å². The summed E-state index contributed by atoms with van der Waals surface area (Å²) in [6.45, 7) is 0. The molecule has 17 heavy (non-hydrogen) atoms. The highest BCUT2D eigenvalue weighted by molar-refractivity contribution is 7.13. The molecule has 0 saturated heterocycles. The van der Waals surface area contributed by atoms with Gasteiger partial charge in [-0.15, -0.1) is 0 Å². The lowest BCUT2D eigenvalue weighted by Crippen LogP contribution is -2.50. The Kier molecular flexibility index (Phi) is 3.22. The van der Waals surface area contributed by atoms with Gasteiger partial charge in [-0.3, -0.25) is 0 Å². The van der Waals surface area contributed by atoms with Crippen LogP contribution < -0.4 is 15.6 Å². The first-order valence-corrected chi connectivity index (χ1v) is 9.16. The maximum Gasteiger partial charge on any atom is 0.135 e. The average molecular weight is 272 g/mol. The average Bonchev–Trinajstić information content (AvgIpc) is 3.04. The molecule has 2 aromatic heterocycles. The van der Waals surface area contributed by atoms with E-state index in [2.05, 4.69) is 64.0 Å². The summed E-state index contributed by atoms with van der Waals surface area (Å²) in [6, 6.07) is 15.5. The molecule has 0 unspecified atom stereocenters. The molecule has 84 valence electrons. The topological polar surface area (TPSA) is 0 Å². The van der Waals surface area contributed by atoms with Gasteiger partial charge in [0.2, 0.25) is 0 Å². The summed E-state index contributed by atoms with van der Waals surface area (Å²) >= 11 is 3.60. The molecule has 0 aliphatic carbocycles. The van der Waals surface area contributed by atoms with Crippen LogP contribution in [0.4, 0.5) is 0 Å². The Labute approximate surface area is 111 Å². The van der Waals surface area contributed by atoms with Crippen molar-refractivity contribution in [2.45, 2.75) is 0 Å². The summed E-state index contributed by atoms with van der Waals surface area (Å²) in [6.07, 6.45) is 0. The molecule has 0 fully saturated rings. The Morgan fingerprint density at radius 2 is 1.24 bits per heavy atom. The maximum absolute atomic E-state index is 2.31. The minimum Gasteiger partial charge on any atom is -0.153 e. The van der Waals surface area contributed by atoms with Crippen molar-refractivity contribution >= 4 is 47.0 Å². The Morgan fingerprint density at radius 1 is 0.647 bits per heavy atom. The van der Waals surface area contributed by atoms with Crippen LogP contribution in [0.1, 0.15) is 0 Å². The van der Waals surface area contributed by atoms with E-state index in [1.165, 1.54) is 15.6 Å². The van der Waals surface area contributed by atoms with Gasteiger partial charge >= 0.3 is 0 Å². The van der Waals surface area contributed by atoms with Crippen LogP contribution >= 0.6 is 22.7 Å². The van der Waals surface area contributed by atoms with Crippen molar-refractivity contribution in [2.24, 2.45) is 0 Å². The van der Waals surface area contributed by atoms with Crippen molar-refractivity contribution in [1.82, 2.24) is 0 Å².